The van der Waals surface area contributed by atoms with Crippen LogP contribution in [0.4, 0.5) is 5.69 Å². The molecule has 5 heteroatoms. The maximum atomic E-state index is 9.82. The van der Waals surface area contributed by atoms with Crippen LogP contribution in [-0.4, -0.2) is 31.5 Å². The Kier molecular flexibility index (Phi) is 4.19. The molecule has 0 saturated heterocycles. The van der Waals surface area contributed by atoms with E-state index in [1.165, 1.54) is 0 Å². The lowest BCUT2D eigenvalue weighted by atomic mass is 10.2. The van der Waals surface area contributed by atoms with Crippen molar-refractivity contribution in [1.29, 1.82) is 0 Å². The maximum Gasteiger partial charge on any atom is 0.145 e. The Bertz CT molecular complexity index is 425. The van der Waals surface area contributed by atoms with E-state index >= 15 is 0 Å². The molecule has 0 aromatic heterocycles. The Morgan fingerprint density at radius 3 is 2.50 bits per heavy atom. The van der Waals surface area contributed by atoms with Crippen molar-refractivity contribution in [3.63, 3.8) is 0 Å². The van der Waals surface area contributed by atoms with Crippen LogP contribution in [0, 0.1) is 0 Å². The molecule has 2 rings (SSSR count). The minimum absolute atomic E-state index is 0.0587. The first-order valence-corrected chi connectivity index (χ1v) is 6.39. The number of halogens is 1. The third-order valence-electron chi connectivity index (χ3n) is 3.29. The van der Waals surface area contributed by atoms with Gasteiger partial charge in [-0.25, -0.2) is 0 Å². The van der Waals surface area contributed by atoms with Crippen LogP contribution >= 0.6 is 11.6 Å². The molecule has 2 N–H and O–H groups in total. The predicted octanol–water partition coefficient (Wildman–Crippen LogP) is 2.68. The second kappa shape index (κ2) is 5.67. The largest absolute Gasteiger partial charge is 0.495 e. The van der Waals surface area contributed by atoms with Crippen LogP contribution in [0.15, 0.2) is 12.1 Å². The Hall–Kier alpha value is -1.13. The average Bonchev–Trinajstić information content (AvgIpc) is 2.75. The lowest BCUT2D eigenvalue weighted by Crippen LogP contribution is -2.28. The summed E-state index contributed by atoms with van der Waals surface area (Å²) in [7, 11) is 3.16. The van der Waals surface area contributed by atoms with Crippen molar-refractivity contribution in [3.05, 3.63) is 17.2 Å². The summed E-state index contributed by atoms with van der Waals surface area (Å²) in [6, 6.07) is 3.57. The van der Waals surface area contributed by atoms with Crippen molar-refractivity contribution in [2.24, 2.45) is 0 Å². The lowest BCUT2D eigenvalue weighted by Gasteiger charge is -2.20. The Morgan fingerprint density at radius 1 is 1.22 bits per heavy atom. The molecule has 0 aliphatic heterocycles. The van der Waals surface area contributed by atoms with Crippen molar-refractivity contribution < 1.29 is 14.6 Å². The molecule has 1 aromatic rings. The van der Waals surface area contributed by atoms with Crippen molar-refractivity contribution >= 4 is 17.3 Å². The Labute approximate surface area is 112 Å². The number of aliphatic hydroxyl groups is 1. The quantitative estimate of drug-likeness (QED) is 0.884. The number of aliphatic hydroxyl groups excluding tert-OH is 1. The zero-order valence-corrected chi connectivity index (χ0v) is 11.3. The van der Waals surface area contributed by atoms with Gasteiger partial charge in [-0.15, -0.1) is 0 Å². The fourth-order valence-electron chi connectivity index (χ4n) is 2.28. The van der Waals surface area contributed by atoms with Gasteiger partial charge in [0.25, 0.3) is 0 Å². The van der Waals surface area contributed by atoms with Crippen molar-refractivity contribution in [2.75, 3.05) is 19.5 Å². The number of ether oxygens (including phenoxy) is 2. The number of methoxy groups -OCH3 is 2. The summed E-state index contributed by atoms with van der Waals surface area (Å²) in [5.41, 5.74) is 0.786. The molecular weight excluding hydrogens is 254 g/mol. The molecule has 0 radical (unpaired) electrons. The first-order chi connectivity index (χ1) is 8.65. The van der Waals surface area contributed by atoms with Crippen molar-refractivity contribution in [1.82, 2.24) is 0 Å². The van der Waals surface area contributed by atoms with Crippen LogP contribution in [-0.2, 0) is 0 Å². The summed E-state index contributed by atoms with van der Waals surface area (Å²) in [4.78, 5) is 0. The molecule has 18 heavy (non-hydrogen) atoms. The summed E-state index contributed by atoms with van der Waals surface area (Å²) in [6.45, 7) is 0. The molecule has 2 atom stereocenters. The van der Waals surface area contributed by atoms with E-state index in [0.717, 1.165) is 24.9 Å². The molecule has 1 fully saturated rings. The number of hydrogen-bond acceptors (Lipinski definition) is 4. The molecule has 1 aliphatic rings. The second-order valence-corrected chi connectivity index (χ2v) is 4.84. The standard InChI is InChI=1S/C13H18ClNO3/c1-17-12-7-13(18-2)10(6-8(12)14)15-9-4-3-5-11(9)16/h6-7,9,11,15-16H,3-5H2,1-2H3/t9-,11-/m0/s1. The van der Waals surface area contributed by atoms with Crippen molar-refractivity contribution in [2.45, 2.75) is 31.4 Å². The number of benzene rings is 1. The summed E-state index contributed by atoms with van der Waals surface area (Å²) in [6.07, 6.45) is 2.51. The van der Waals surface area contributed by atoms with Crippen LogP contribution < -0.4 is 14.8 Å². The minimum Gasteiger partial charge on any atom is -0.495 e. The average molecular weight is 272 g/mol. The van der Waals surface area contributed by atoms with Gasteiger partial charge < -0.3 is 19.9 Å². The number of anilines is 1. The van der Waals surface area contributed by atoms with Gasteiger partial charge in [0.05, 0.1) is 37.1 Å². The highest BCUT2D eigenvalue weighted by molar-refractivity contribution is 6.32. The topological polar surface area (TPSA) is 50.7 Å². The predicted molar refractivity (Wildman–Crippen MR) is 71.8 cm³/mol. The van der Waals surface area contributed by atoms with E-state index in [4.69, 9.17) is 21.1 Å². The van der Waals surface area contributed by atoms with Gasteiger partial charge in [0.2, 0.25) is 0 Å². The first kappa shape index (κ1) is 13.3. The van der Waals surface area contributed by atoms with E-state index < -0.39 is 0 Å². The highest BCUT2D eigenvalue weighted by atomic mass is 35.5. The zero-order valence-electron chi connectivity index (χ0n) is 10.6. The molecule has 0 heterocycles. The van der Waals surface area contributed by atoms with Gasteiger partial charge in [-0.05, 0) is 25.3 Å². The molecule has 100 valence electrons. The van der Waals surface area contributed by atoms with Gasteiger partial charge in [-0.2, -0.15) is 0 Å². The summed E-state index contributed by atoms with van der Waals surface area (Å²) in [5, 5.41) is 13.6. The summed E-state index contributed by atoms with van der Waals surface area (Å²) in [5.74, 6) is 1.24. The van der Waals surface area contributed by atoms with Crippen molar-refractivity contribution in [3.8, 4) is 11.5 Å². The fraction of sp³-hybridized carbons (Fsp3) is 0.538. The van der Waals surface area contributed by atoms with Gasteiger partial charge in [-0.1, -0.05) is 11.6 Å². The third kappa shape index (κ3) is 2.65. The Balaban J connectivity index is 2.23. The van der Waals surface area contributed by atoms with Crippen LogP contribution in [0.2, 0.25) is 5.02 Å². The lowest BCUT2D eigenvalue weighted by molar-refractivity contribution is 0.171. The molecule has 0 spiro atoms. The van der Waals surface area contributed by atoms with E-state index in [1.807, 2.05) is 0 Å². The fourth-order valence-corrected chi connectivity index (χ4v) is 2.52. The van der Waals surface area contributed by atoms with Gasteiger partial charge in [0.15, 0.2) is 0 Å². The second-order valence-electron chi connectivity index (χ2n) is 4.44. The highest BCUT2D eigenvalue weighted by Gasteiger charge is 2.26. The highest BCUT2D eigenvalue weighted by Crippen LogP contribution is 2.37. The first-order valence-electron chi connectivity index (χ1n) is 6.02. The molecule has 0 bridgehead atoms. The third-order valence-corrected chi connectivity index (χ3v) is 3.59. The van der Waals surface area contributed by atoms with Gasteiger partial charge in [0.1, 0.15) is 11.5 Å². The molecule has 1 saturated carbocycles. The van der Waals surface area contributed by atoms with Gasteiger partial charge in [-0.3, -0.25) is 0 Å². The molecule has 0 amide bonds. The van der Waals surface area contributed by atoms with E-state index in [2.05, 4.69) is 5.32 Å². The molecule has 1 aliphatic carbocycles. The number of hydrogen-bond donors (Lipinski definition) is 2. The van der Waals surface area contributed by atoms with Crippen LogP contribution in [0.25, 0.3) is 0 Å². The monoisotopic (exact) mass is 271 g/mol. The molecule has 1 aromatic carbocycles. The zero-order chi connectivity index (χ0) is 13.1. The SMILES string of the molecule is COc1cc(OC)c(N[C@H]2CCC[C@@H]2O)cc1Cl. The van der Waals surface area contributed by atoms with Gasteiger partial charge >= 0.3 is 0 Å². The van der Waals surface area contributed by atoms with E-state index in [9.17, 15) is 5.11 Å². The smallest absolute Gasteiger partial charge is 0.145 e. The van der Waals surface area contributed by atoms with Crippen LogP contribution in [0.3, 0.4) is 0 Å². The molecule has 0 unspecified atom stereocenters. The van der Waals surface area contributed by atoms with E-state index in [0.29, 0.717) is 16.5 Å². The van der Waals surface area contributed by atoms with E-state index in [1.54, 1.807) is 26.4 Å². The Morgan fingerprint density at radius 2 is 1.94 bits per heavy atom. The molecular formula is C13H18ClNO3. The van der Waals surface area contributed by atoms with Gasteiger partial charge in [0, 0.05) is 6.07 Å². The molecule has 4 nitrogen and oxygen atoms in total. The summed E-state index contributed by atoms with van der Waals surface area (Å²) >= 11 is 6.10. The van der Waals surface area contributed by atoms with E-state index in [-0.39, 0.29) is 12.1 Å². The number of nitrogens with one attached hydrogen (secondary N) is 1. The van der Waals surface area contributed by atoms with Crippen LogP contribution in [0.1, 0.15) is 19.3 Å². The summed E-state index contributed by atoms with van der Waals surface area (Å²) < 4.78 is 10.5. The van der Waals surface area contributed by atoms with Crippen LogP contribution in [0.5, 0.6) is 11.5 Å². The minimum atomic E-state index is -0.310. The normalized spacial score (nSPS) is 22.9. The number of rotatable bonds is 4. The maximum absolute atomic E-state index is 9.82.